The van der Waals surface area contributed by atoms with E-state index < -0.39 is 0 Å². The fourth-order valence-corrected chi connectivity index (χ4v) is 3.23. The second-order valence-electron chi connectivity index (χ2n) is 5.84. The topological polar surface area (TPSA) is 21.3 Å². The predicted octanol–water partition coefficient (Wildman–Crippen LogP) is 4.53. The maximum Gasteiger partial charge on any atom is 0.0901 e. The van der Waals surface area contributed by atoms with Gasteiger partial charge in [0.15, 0.2) is 0 Å². The van der Waals surface area contributed by atoms with Crippen molar-refractivity contribution in [1.29, 1.82) is 0 Å². The van der Waals surface area contributed by atoms with Crippen LogP contribution in [0.15, 0.2) is 72.8 Å². The van der Waals surface area contributed by atoms with E-state index in [9.17, 15) is 0 Å². The van der Waals surface area contributed by atoms with Gasteiger partial charge in [-0.25, -0.2) is 0 Å². The molecule has 0 radical (unpaired) electrons. The summed E-state index contributed by atoms with van der Waals surface area (Å²) in [6.07, 6.45) is 0.0322. The minimum absolute atomic E-state index is 0.0322. The van der Waals surface area contributed by atoms with E-state index in [0.717, 1.165) is 6.54 Å². The molecule has 0 aromatic heterocycles. The molecule has 1 unspecified atom stereocenters. The van der Waals surface area contributed by atoms with Crippen LogP contribution in [0, 0.1) is 0 Å². The largest absolute Gasteiger partial charge is 0.376 e. The summed E-state index contributed by atoms with van der Waals surface area (Å²) in [6.45, 7) is 0.867. The van der Waals surface area contributed by atoms with Crippen molar-refractivity contribution in [2.45, 2.75) is 12.0 Å². The van der Waals surface area contributed by atoms with Crippen LogP contribution in [0.4, 0.5) is 0 Å². The van der Waals surface area contributed by atoms with Gasteiger partial charge in [0, 0.05) is 19.6 Å². The molecule has 3 aromatic rings. The summed E-state index contributed by atoms with van der Waals surface area (Å²) in [5, 5.41) is 5.86. The van der Waals surface area contributed by atoms with Gasteiger partial charge < -0.3 is 10.1 Å². The number of ether oxygens (including phenoxy) is 1. The zero-order chi connectivity index (χ0) is 16.1. The van der Waals surface area contributed by atoms with Crippen molar-refractivity contribution in [2.75, 3.05) is 20.7 Å². The lowest BCUT2D eigenvalue weighted by Crippen LogP contribution is -2.24. The first kappa shape index (κ1) is 15.7. The second kappa shape index (κ2) is 7.40. The van der Waals surface area contributed by atoms with Crippen molar-refractivity contribution in [3.05, 3.63) is 83.9 Å². The van der Waals surface area contributed by atoms with Crippen LogP contribution in [0.25, 0.3) is 10.8 Å². The molecule has 0 amide bonds. The molecule has 3 aromatic carbocycles. The summed E-state index contributed by atoms with van der Waals surface area (Å²) < 4.78 is 5.88. The molecule has 0 aliphatic heterocycles. The van der Waals surface area contributed by atoms with Gasteiger partial charge in [-0.05, 0) is 28.9 Å². The number of hydrogen-bond acceptors (Lipinski definition) is 2. The van der Waals surface area contributed by atoms with Crippen LogP contribution >= 0.6 is 0 Å². The first-order chi connectivity index (χ1) is 11.3. The van der Waals surface area contributed by atoms with Crippen molar-refractivity contribution in [3.63, 3.8) is 0 Å². The molecule has 0 heterocycles. The smallest absolute Gasteiger partial charge is 0.0901 e. The van der Waals surface area contributed by atoms with Crippen LogP contribution < -0.4 is 5.32 Å². The Balaban J connectivity index is 2.01. The SMILES string of the molecule is CNCC(c1ccc2ccccc2c1)[C@H](OC)c1ccccc1. The number of rotatable bonds is 6. The Morgan fingerprint density at radius 3 is 2.22 bits per heavy atom. The van der Waals surface area contributed by atoms with Crippen molar-refractivity contribution < 1.29 is 4.74 Å². The van der Waals surface area contributed by atoms with Crippen LogP contribution in [0.5, 0.6) is 0 Å². The van der Waals surface area contributed by atoms with E-state index in [-0.39, 0.29) is 12.0 Å². The number of nitrogens with one attached hydrogen (secondary N) is 1. The lowest BCUT2D eigenvalue weighted by molar-refractivity contribution is 0.0787. The third-order valence-corrected chi connectivity index (χ3v) is 4.37. The van der Waals surface area contributed by atoms with Gasteiger partial charge in [0.05, 0.1) is 6.10 Å². The summed E-state index contributed by atoms with van der Waals surface area (Å²) in [6, 6.07) is 25.6. The zero-order valence-corrected chi connectivity index (χ0v) is 13.7. The fourth-order valence-electron chi connectivity index (χ4n) is 3.23. The molecule has 2 heteroatoms. The van der Waals surface area contributed by atoms with E-state index in [0.29, 0.717) is 0 Å². The molecule has 0 aliphatic rings. The Morgan fingerprint density at radius 2 is 1.52 bits per heavy atom. The van der Waals surface area contributed by atoms with Gasteiger partial charge in [-0.2, -0.15) is 0 Å². The maximum atomic E-state index is 5.88. The summed E-state index contributed by atoms with van der Waals surface area (Å²) in [7, 11) is 3.78. The predicted molar refractivity (Wildman–Crippen MR) is 96.8 cm³/mol. The summed E-state index contributed by atoms with van der Waals surface area (Å²) in [4.78, 5) is 0. The van der Waals surface area contributed by atoms with E-state index in [1.807, 2.05) is 13.1 Å². The minimum atomic E-state index is 0.0322. The van der Waals surface area contributed by atoms with Crippen LogP contribution in [0.3, 0.4) is 0 Å². The highest BCUT2D eigenvalue weighted by molar-refractivity contribution is 5.83. The number of hydrogen-bond donors (Lipinski definition) is 1. The number of fused-ring (bicyclic) bond motifs is 1. The molecule has 23 heavy (non-hydrogen) atoms. The van der Waals surface area contributed by atoms with Gasteiger partial charge in [-0.15, -0.1) is 0 Å². The van der Waals surface area contributed by atoms with E-state index in [1.54, 1.807) is 7.11 Å². The Kier molecular flexibility index (Phi) is 5.06. The molecule has 0 fully saturated rings. The lowest BCUT2D eigenvalue weighted by Gasteiger charge is -2.27. The molecular weight excluding hydrogens is 282 g/mol. The second-order valence-corrected chi connectivity index (χ2v) is 5.84. The highest BCUT2D eigenvalue weighted by atomic mass is 16.5. The molecule has 0 bridgehead atoms. The molecular formula is C21H23NO. The molecule has 2 atom stereocenters. The van der Waals surface area contributed by atoms with Gasteiger partial charge in [-0.1, -0.05) is 72.8 Å². The number of benzene rings is 3. The van der Waals surface area contributed by atoms with Gasteiger partial charge in [0.1, 0.15) is 0 Å². The highest BCUT2D eigenvalue weighted by Crippen LogP contribution is 2.34. The normalized spacial score (nSPS) is 13.8. The first-order valence-corrected chi connectivity index (χ1v) is 8.04. The molecule has 118 valence electrons. The van der Waals surface area contributed by atoms with Crippen LogP contribution in [0.1, 0.15) is 23.1 Å². The van der Waals surface area contributed by atoms with Crippen LogP contribution in [-0.2, 0) is 4.74 Å². The standard InChI is InChI=1S/C21H23NO/c1-22-15-20(21(23-2)17-9-4-3-5-10-17)19-13-12-16-8-6-7-11-18(16)14-19/h3-14,20-22H,15H2,1-2H3/t20?,21-/m1/s1. The quantitative estimate of drug-likeness (QED) is 0.722. The van der Waals surface area contributed by atoms with E-state index >= 15 is 0 Å². The lowest BCUT2D eigenvalue weighted by atomic mass is 9.87. The van der Waals surface area contributed by atoms with Crippen molar-refractivity contribution in [3.8, 4) is 0 Å². The van der Waals surface area contributed by atoms with E-state index in [2.05, 4.69) is 72.0 Å². The van der Waals surface area contributed by atoms with Crippen molar-refractivity contribution in [2.24, 2.45) is 0 Å². The van der Waals surface area contributed by atoms with Gasteiger partial charge in [-0.3, -0.25) is 0 Å². The first-order valence-electron chi connectivity index (χ1n) is 8.04. The molecule has 0 saturated heterocycles. The third-order valence-electron chi connectivity index (χ3n) is 4.37. The van der Waals surface area contributed by atoms with Crippen LogP contribution in [-0.4, -0.2) is 20.7 Å². The number of likely N-dealkylation sites (N-methyl/N-ethyl adjacent to an activating group) is 1. The zero-order valence-electron chi connectivity index (χ0n) is 13.7. The van der Waals surface area contributed by atoms with E-state index in [1.165, 1.54) is 21.9 Å². The Morgan fingerprint density at radius 1 is 0.826 bits per heavy atom. The monoisotopic (exact) mass is 305 g/mol. The average molecular weight is 305 g/mol. The molecule has 1 N–H and O–H groups in total. The van der Waals surface area contributed by atoms with E-state index in [4.69, 9.17) is 4.74 Å². The maximum absolute atomic E-state index is 5.88. The average Bonchev–Trinajstić information content (AvgIpc) is 2.62. The Bertz CT molecular complexity index is 754. The molecule has 2 nitrogen and oxygen atoms in total. The summed E-state index contributed by atoms with van der Waals surface area (Å²) in [5.74, 6) is 0.261. The summed E-state index contributed by atoms with van der Waals surface area (Å²) >= 11 is 0. The summed E-state index contributed by atoms with van der Waals surface area (Å²) in [5.41, 5.74) is 2.51. The molecule has 0 spiro atoms. The fraction of sp³-hybridized carbons (Fsp3) is 0.238. The minimum Gasteiger partial charge on any atom is -0.376 e. The van der Waals surface area contributed by atoms with Gasteiger partial charge >= 0.3 is 0 Å². The number of methoxy groups -OCH3 is 1. The molecule has 0 saturated carbocycles. The van der Waals surface area contributed by atoms with Crippen LogP contribution in [0.2, 0.25) is 0 Å². The van der Waals surface area contributed by atoms with Crippen molar-refractivity contribution >= 4 is 10.8 Å². The molecule has 3 rings (SSSR count). The Hall–Kier alpha value is -2.16. The molecule has 0 aliphatic carbocycles. The highest BCUT2D eigenvalue weighted by Gasteiger charge is 2.24. The van der Waals surface area contributed by atoms with Gasteiger partial charge in [0.25, 0.3) is 0 Å². The third kappa shape index (κ3) is 3.44. The Labute approximate surface area is 138 Å². The van der Waals surface area contributed by atoms with Crippen molar-refractivity contribution in [1.82, 2.24) is 5.32 Å². The van der Waals surface area contributed by atoms with Gasteiger partial charge in [0.2, 0.25) is 0 Å².